The molecule has 0 aromatic heterocycles. The lowest BCUT2D eigenvalue weighted by atomic mass is 10.1. The number of hydrogen-bond donors (Lipinski definition) is 2. The Kier molecular flexibility index (Phi) is 6.90. The van der Waals surface area contributed by atoms with Crippen LogP contribution in [0.4, 0.5) is 0 Å². The summed E-state index contributed by atoms with van der Waals surface area (Å²) in [6.45, 7) is 9.67. The fourth-order valence-corrected chi connectivity index (χ4v) is 3.27. The highest BCUT2D eigenvalue weighted by molar-refractivity contribution is 7.98. The minimum Gasteiger partial charge on any atom is -0.394 e. The van der Waals surface area contributed by atoms with Crippen molar-refractivity contribution in [3.05, 3.63) is 34.9 Å². The van der Waals surface area contributed by atoms with Gasteiger partial charge in [0, 0.05) is 17.0 Å². The highest BCUT2D eigenvalue weighted by Crippen LogP contribution is 2.20. The van der Waals surface area contributed by atoms with Crippen LogP contribution in [0.1, 0.15) is 37.0 Å². The van der Waals surface area contributed by atoms with E-state index in [-0.39, 0.29) is 12.1 Å². The topological polar surface area (TPSA) is 32.3 Å². The van der Waals surface area contributed by atoms with Crippen molar-refractivity contribution in [2.24, 2.45) is 0 Å². The molecule has 0 fully saturated rings. The summed E-state index contributed by atoms with van der Waals surface area (Å²) in [6.07, 6.45) is 1.09. The SMILES string of the molecule is CCCNC(C)(CO)CSCc1cc(C)cc(C)c1. The number of nitrogens with one attached hydrogen (secondary N) is 1. The van der Waals surface area contributed by atoms with Crippen molar-refractivity contribution in [2.75, 3.05) is 18.9 Å². The second kappa shape index (κ2) is 7.93. The van der Waals surface area contributed by atoms with E-state index in [1.54, 1.807) is 0 Å². The standard InChI is InChI=1S/C16H27NOS/c1-5-6-17-16(4,11-18)12-19-10-15-8-13(2)7-14(3)9-15/h7-9,17-18H,5-6,10-12H2,1-4H3. The normalized spacial score (nSPS) is 14.4. The van der Waals surface area contributed by atoms with Gasteiger partial charge < -0.3 is 10.4 Å². The smallest absolute Gasteiger partial charge is 0.0618 e. The molecule has 1 unspecified atom stereocenters. The molecule has 3 heteroatoms. The summed E-state index contributed by atoms with van der Waals surface area (Å²) in [5, 5.41) is 13.0. The molecule has 2 N–H and O–H groups in total. The van der Waals surface area contributed by atoms with Crippen molar-refractivity contribution in [1.82, 2.24) is 5.32 Å². The Morgan fingerprint density at radius 1 is 1.21 bits per heavy atom. The molecule has 1 aromatic carbocycles. The molecule has 108 valence electrons. The summed E-state index contributed by atoms with van der Waals surface area (Å²) < 4.78 is 0. The second-order valence-corrected chi connectivity index (χ2v) is 6.62. The first-order valence-electron chi connectivity index (χ1n) is 7.00. The molecule has 0 heterocycles. The van der Waals surface area contributed by atoms with Crippen LogP contribution in [0.5, 0.6) is 0 Å². The molecular weight excluding hydrogens is 254 g/mol. The van der Waals surface area contributed by atoms with E-state index in [2.05, 4.69) is 51.2 Å². The fraction of sp³-hybridized carbons (Fsp3) is 0.625. The van der Waals surface area contributed by atoms with Crippen molar-refractivity contribution in [3.8, 4) is 0 Å². The fourth-order valence-electron chi connectivity index (χ4n) is 2.13. The Balaban J connectivity index is 2.47. The molecule has 0 saturated heterocycles. The van der Waals surface area contributed by atoms with Gasteiger partial charge in [-0.2, -0.15) is 11.8 Å². The number of rotatable bonds is 8. The third kappa shape index (κ3) is 5.98. The first-order chi connectivity index (χ1) is 8.99. The minimum absolute atomic E-state index is 0.167. The molecule has 0 bridgehead atoms. The molecule has 2 nitrogen and oxygen atoms in total. The summed E-state index contributed by atoms with van der Waals surface area (Å²) in [5.74, 6) is 1.93. The van der Waals surface area contributed by atoms with Crippen molar-refractivity contribution < 1.29 is 5.11 Å². The molecule has 0 aliphatic carbocycles. The number of aryl methyl sites for hydroxylation is 2. The van der Waals surface area contributed by atoms with Gasteiger partial charge in [0.15, 0.2) is 0 Å². The lowest BCUT2D eigenvalue weighted by molar-refractivity contribution is 0.192. The number of benzene rings is 1. The van der Waals surface area contributed by atoms with Gasteiger partial charge in [-0.15, -0.1) is 0 Å². The quantitative estimate of drug-likeness (QED) is 0.767. The van der Waals surface area contributed by atoms with Crippen molar-refractivity contribution >= 4 is 11.8 Å². The second-order valence-electron chi connectivity index (χ2n) is 5.63. The zero-order chi connectivity index (χ0) is 14.3. The van der Waals surface area contributed by atoms with Crippen LogP contribution in [-0.4, -0.2) is 29.5 Å². The van der Waals surface area contributed by atoms with Gasteiger partial charge in [0.05, 0.1) is 6.61 Å². The molecule has 1 aromatic rings. The molecule has 0 spiro atoms. The predicted octanol–water partition coefficient (Wildman–Crippen LogP) is 3.29. The van der Waals surface area contributed by atoms with Crippen LogP contribution < -0.4 is 5.32 Å². The van der Waals surface area contributed by atoms with E-state index in [9.17, 15) is 5.11 Å². The predicted molar refractivity (Wildman–Crippen MR) is 85.9 cm³/mol. The van der Waals surface area contributed by atoms with E-state index in [0.29, 0.717) is 0 Å². The van der Waals surface area contributed by atoms with Crippen LogP contribution >= 0.6 is 11.8 Å². The van der Waals surface area contributed by atoms with E-state index in [1.165, 1.54) is 16.7 Å². The number of hydrogen-bond acceptors (Lipinski definition) is 3. The lowest BCUT2D eigenvalue weighted by Crippen LogP contribution is -2.48. The molecule has 1 atom stereocenters. The van der Waals surface area contributed by atoms with Crippen LogP contribution in [0.2, 0.25) is 0 Å². The highest BCUT2D eigenvalue weighted by Gasteiger charge is 2.21. The van der Waals surface area contributed by atoms with Gasteiger partial charge in [0.2, 0.25) is 0 Å². The number of thioether (sulfide) groups is 1. The zero-order valence-corrected chi connectivity index (χ0v) is 13.4. The molecule has 0 aliphatic heterocycles. The Bertz CT molecular complexity index is 374. The molecule has 0 saturated carbocycles. The molecule has 19 heavy (non-hydrogen) atoms. The van der Waals surface area contributed by atoms with Gasteiger partial charge in [0.25, 0.3) is 0 Å². The average Bonchev–Trinajstić information content (AvgIpc) is 2.35. The molecule has 0 aliphatic rings. The minimum atomic E-state index is -0.167. The van der Waals surface area contributed by atoms with Crippen LogP contribution in [-0.2, 0) is 5.75 Å². The van der Waals surface area contributed by atoms with E-state index >= 15 is 0 Å². The summed E-state index contributed by atoms with van der Waals surface area (Å²) in [5.41, 5.74) is 3.85. The van der Waals surface area contributed by atoms with E-state index in [0.717, 1.165) is 24.5 Å². The van der Waals surface area contributed by atoms with E-state index in [4.69, 9.17) is 0 Å². The van der Waals surface area contributed by atoms with Crippen LogP contribution in [0.3, 0.4) is 0 Å². The Morgan fingerprint density at radius 3 is 2.37 bits per heavy atom. The van der Waals surface area contributed by atoms with Crippen LogP contribution in [0.25, 0.3) is 0 Å². The van der Waals surface area contributed by atoms with E-state index < -0.39 is 0 Å². The Hall–Kier alpha value is -0.510. The maximum atomic E-state index is 9.52. The maximum Gasteiger partial charge on any atom is 0.0618 e. The summed E-state index contributed by atoms with van der Waals surface area (Å²) in [4.78, 5) is 0. The van der Waals surface area contributed by atoms with Gasteiger partial charge in [-0.25, -0.2) is 0 Å². The van der Waals surface area contributed by atoms with Gasteiger partial charge in [-0.1, -0.05) is 36.2 Å². The molecule has 0 radical (unpaired) electrons. The summed E-state index contributed by atoms with van der Waals surface area (Å²) in [7, 11) is 0. The molecule has 1 rings (SSSR count). The first kappa shape index (κ1) is 16.5. The van der Waals surface area contributed by atoms with Crippen LogP contribution in [0, 0.1) is 13.8 Å². The van der Waals surface area contributed by atoms with Crippen LogP contribution in [0.15, 0.2) is 18.2 Å². The summed E-state index contributed by atoms with van der Waals surface area (Å²) >= 11 is 1.88. The monoisotopic (exact) mass is 281 g/mol. The Labute approximate surface area is 122 Å². The third-order valence-corrected chi connectivity index (χ3v) is 4.50. The van der Waals surface area contributed by atoms with E-state index in [1.807, 2.05) is 11.8 Å². The largest absolute Gasteiger partial charge is 0.394 e. The van der Waals surface area contributed by atoms with Gasteiger partial charge in [-0.05, 0) is 39.3 Å². The molecular formula is C16H27NOS. The summed E-state index contributed by atoms with van der Waals surface area (Å²) in [6, 6.07) is 6.69. The van der Waals surface area contributed by atoms with Crippen molar-refractivity contribution in [3.63, 3.8) is 0 Å². The first-order valence-corrected chi connectivity index (χ1v) is 8.15. The zero-order valence-electron chi connectivity index (χ0n) is 12.6. The number of aliphatic hydroxyl groups is 1. The highest BCUT2D eigenvalue weighted by atomic mass is 32.2. The van der Waals surface area contributed by atoms with Gasteiger partial charge >= 0.3 is 0 Å². The van der Waals surface area contributed by atoms with Gasteiger partial charge in [-0.3, -0.25) is 0 Å². The maximum absolute atomic E-state index is 9.52. The van der Waals surface area contributed by atoms with Gasteiger partial charge in [0.1, 0.15) is 0 Å². The molecule has 0 amide bonds. The van der Waals surface area contributed by atoms with Crippen molar-refractivity contribution in [2.45, 2.75) is 45.4 Å². The van der Waals surface area contributed by atoms with Crippen molar-refractivity contribution in [1.29, 1.82) is 0 Å². The lowest BCUT2D eigenvalue weighted by Gasteiger charge is -2.28. The number of aliphatic hydroxyl groups excluding tert-OH is 1. The average molecular weight is 281 g/mol. The third-order valence-electron chi connectivity index (χ3n) is 3.12. The Morgan fingerprint density at radius 2 is 1.84 bits per heavy atom.